The predicted molar refractivity (Wildman–Crippen MR) is 122 cm³/mol. The summed E-state index contributed by atoms with van der Waals surface area (Å²) < 4.78 is 1.89. The number of nitrogens with zero attached hydrogens (tertiary/aromatic N) is 5. The van der Waals surface area contributed by atoms with Crippen molar-refractivity contribution in [1.29, 1.82) is 0 Å². The Morgan fingerprint density at radius 2 is 1.81 bits per heavy atom. The molecule has 1 atom stereocenters. The Morgan fingerprint density at radius 1 is 1.09 bits per heavy atom. The maximum absolute atomic E-state index is 12.9. The van der Waals surface area contributed by atoms with Crippen LogP contribution >= 0.6 is 0 Å². The number of piperazine rings is 1. The summed E-state index contributed by atoms with van der Waals surface area (Å²) in [5.74, 6) is 0.639. The van der Waals surface area contributed by atoms with Gasteiger partial charge >= 0.3 is 6.09 Å². The summed E-state index contributed by atoms with van der Waals surface area (Å²) in [5, 5.41) is 9.22. The van der Waals surface area contributed by atoms with Crippen LogP contribution in [-0.4, -0.2) is 69.2 Å². The van der Waals surface area contributed by atoms with Crippen molar-refractivity contribution in [3.8, 4) is 5.82 Å². The number of hydrogen-bond donors (Lipinski definition) is 1. The van der Waals surface area contributed by atoms with E-state index in [1.165, 1.54) is 4.90 Å². The second-order valence-electron chi connectivity index (χ2n) is 8.09. The lowest BCUT2D eigenvalue weighted by atomic mass is 10.1. The molecular weight excluding hydrogens is 406 g/mol. The van der Waals surface area contributed by atoms with Crippen LogP contribution in [0.2, 0.25) is 0 Å². The van der Waals surface area contributed by atoms with E-state index in [9.17, 15) is 14.7 Å². The summed E-state index contributed by atoms with van der Waals surface area (Å²) in [5.41, 5.74) is 2.46. The fourth-order valence-corrected chi connectivity index (χ4v) is 4.01. The predicted octanol–water partition coefficient (Wildman–Crippen LogP) is 3.33. The number of carbonyl (C=O) groups excluding carboxylic acids is 1. The Hall–Kier alpha value is -3.65. The van der Waals surface area contributed by atoms with Crippen molar-refractivity contribution < 1.29 is 14.7 Å². The minimum Gasteiger partial charge on any atom is -0.465 e. The molecule has 3 aromatic rings. The third-order valence-electron chi connectivity index (χ3n) is 5.86. The summed E-state index contributed by atoms with van der Waals surface area (Å²) in [6, 6.07) is 15.3. The molecule has 3 heterocycles. The number of carbonyl (C=O) groups is 2. The molecule has 1 aromatic carbocycles. The first-order valence-electron chi connectivity index (χ1n) is 10.6. The molecule has 8 heteroatoms. The molecule has 1 saturated heterocycles. The van der Waals surface area contributed by atoms with Crippen molar-refractivity contribution in [1.82, 2.24) is 19.4 Å². The number of hydrogen-bond acceptors (Lipinski definition) is 4. The monoisotopic (exact) mass is 433 g/mol. The second-order valence-corrected chi connectivity index (χ2v) is 8.09. The maximum atomic E-state index is 12.9. The fourth-order valence-electron chi connectivity index (χ4n) is 4.01. The minimum absolute atomic E-state index is 0.0261. The summed E-state index contributed by atoms with van der Waals surface area (Å²) in [6.45, 7) is 4.62. The van der Waals surface area contributed by atoms with E-state index >= 15 is 0 Å². The molecule has 0 bridgehead atoms. The molecule has 32 heavy (non-hydrogen) atoms. The van der Waals surface area contributed by atoms with Gasteiger partial charge in [-0.2, -0.15) is 0 Å². The second kappa shape index (κ2) is 9.23. The molecule has 1 aliphatic rings. The SMILES string of the molecule is C[C@H]1CN(Cc2ccc(N(C)C(=O)c3ccc(-n4cccc4)nc3)cc2)CCN1C(=O)O. The van der Waals surface area contributed by atoms with E-state index in [0.29, 0.717) is 25.2 Å². The van der Waals surface area contributed by atoms with Crippen LogP contribution in [0.15, 0.2) is 67.1 Å². The van der Waals surface area contributed by atoms with Gasteiger partial charge in [-0.3, -0.25) is 9.69 Å². The zero-order valence-corrected chi connectivity index (χ0v) is 18.3. The van der Waals surface area contributed by atoms with Crippen LogP contribution in [0.1, 0.15) is 22.8 Å². The Labute approximate surface area is 187 Å². The number of anilines is 1. The molecule has 0 unspecified atom stereocenters. The maximum Gasteiger partial charge on any atom is 0.407 e. The number of benzene rings is 1. The van der Waals surface area contributed by atoms with E-state index < -0.39 is 6.09 Å². The average molecular weight is 434 g/mol. The summed E-state index contributed by atoms with van der Waals surface area (Å²) in [4.78, 5) is 33.9. The fraction of sp³-hybridized carbons (Fsp3) is 0.292. The molecule has 0 saturated carbocycles. The Kier molecular flexibility index (Phi) is 6.23. The third-order valence-corrected chi connectivity index (χ3v) is 5.86. The molecule has 2 aromatic heterocycles. The first-order valence-corrected chi connectivity index (χ1v) is 10.6. The van der Waals surface area contributed by atoms with Gasteiger partial charge in [-0.15, -0.1) is 0 Å². The van der Waals surface area contributed by atoms with Crippen LogP contribution in [0.4, 0.5) is 10.5 Å². The number of rotatable bonds is 5. The van der Waals surface area contributed by atoms with Gasteiger partial charge in [-0.05, 0) is 48.9 Å². The lowest BCUT2D eigenvalue weighted by Crippen LogP contribution is -2.53. The highest BCUT2D eigenvalue weighted by Gasteiger charge is 2.27. The number of pyridine rings is 1. The summed E-state index contributed by atoms with van der Waals surface area (Å²) in [7, 11) is 1.75. The first kappa shape index (κ1) is 21.6. The van der Waals surface area contributed by atoms with Crippen LogP contribution in [0.5, 0.6) is 0 Å². The van der Waals surface area contributed by atoms with Crippen LogP contribution in [0.3, 0.4) is 0 Å². The first-order chi connectivity index (χ1) is 15.4. The van der Waals surface area contributed by atoms with Crippen molar-refractivity contribution >= 4 is 17.7 Å². The number of amides is 2. The van der Waals surface area contributed by atoms with E-state index in [-0.39, 0.29) is 11.9 Å². The van der Waals surface area contributed by atoms with E-state index in [0.717, 1.165) is 23.6 Å². The summed E-state index contributed by atoms with van der Waals surface area (Å²) in [6.07, 6.45) is 4.55. The van der Waals surface area contributed by atoms with Crippen molar-refractivity contribution in [3.05, 3.63) is 78.2 Å². The number of carboxylic acid groups (broad SMARTS) is 1. The molecule has 1 aliphatic heterocycles. The Morgan fingerprint density at radius 3 is 2.41 bits per heavy atom. The highest BCUT2D eigenvalue weighted by atomic mass is 16.4. The van der Waals surface area contributed by atoms with Crippen molar-refractivity contribution in [3.63, 3.8) is 0 Å². The lowest BCUT2D eigenvalue weighted by molar-refractivity contribution is 0.0711. The summed E-state index contributed by atoms with van der Waals surface area (Å²) >= 11 is 0. The van der Waals surface area contributed by atoms with Crippen LogP contribution in [-0.2, 0) is 6.54 Å². The molecule has 0 spiro atoms. The zero-order valence-electron chi connectivity index (χ0n) is 18.3. The van der Waals surface area contributed by atoms with Crippen molar-refractivity contribution in [2.24, 2.45) is 0 Å². The van der Waals surface area contributed by atoms with Gasteiger partial charge in [-0.25, -0.2) is 9.78 Å². The zero-order chi connectivity index (χ0) is 22.7. The Bertz CT molecular complexity index is 1060. The van der Waals surface area contributed by atoms with E-state index in [1.54, 1.807) is 24.2 Å². The Balaban J connectivity index is 1.37. The van der Waals surface area contributed by atoms with Gasteiger partial charge in [0.15, 0.2) is 0 Å². The van der Waals surface area contributed by atoms with E-state index in [4.69, 9.17) is 0 Å². The average Bonchev–Trinajstić information content (AvgIpc) is 3.34. The highest BCUT2D eigenvalue weighted by Crippen LogP contribution is 2.19. The van der Waals surface area contributed by atoms with Crippen LogP contribution in [0, 0.1) is 0 Å². The quantitative estimate of drug-likeness (QED) is 0.668. The van der Waals surface area contributed by atoms with Gasteiger partial charge < -0.3 is 19.5 Å². The van der Waals surface area contributed by atoms with Gasteiger partial charge in [-0.1, -0.05) is 12.1 Å². The molecule has 8 nitrogen and oxygen atoms in total. The topological polar surface area (TPSA) is 81.9 Å². The normalized spacial score (nSPS) is 16.7. The standard InChI is InChI=1S/C24H27N5O3/c1-18-16-27(13-14-29(18)24(31)32)17-19-5-8-21(9-6-19)26(2)23(30)20-7-10-22(25-15-20)28-11-3-4-12-28/h3-12,15,18H,13-14,16-17H2,1-2H3,(H,31,32)/t18-/m0/s1. The van der Waals surface area contributed by atoms with Crippen LogP contribution < -0.4 is 4.90 Å². The largest absolute Gasteiger partial charge is 0.465 e. The molecule has 1 fully saturated rings. The molecular formula is C24H27N5O3. The van der Waals surface area contributed by atoms with E-state index in [1.807, 2.05) is 66.3 Å². The minimum atomic E-state index is -0.858. The lowest BCUT2D eigenvalue weighted by Gasteiger charge is -2.38. The third kappa shape index (κ3) is 4.65. The molecule has 1 N–H and O–H groups in total. The molecule has 2 amide bonds. The van der Waals surface area contributed by atoms with Crippen molar-refractivity contribution in [2.75, 3.05) is 31.6 Å². The van der Waals surface area contributed by atoms with E-state index in [2.05, 4.69) is 9.88 Å². The van der Waals surface area contributed by atoms with Gasteiger partial charge in [0.25, 0.3) is 5.91 Å². The van der Waals surface area contributed by atoms with Gasteiger partial charge in [0.1, 0.15) is 5.82 Å². The van der Waals surface area contributed by atoms with Gasteiger partial charge in [0, 0.05) is 63.5 Å². The highest BCUT2D eigenvalue weighted by molar-refractivity contribution is 6.05. The van der Waals surface area contributed by atoms with Crippen LogP contribution in [0.25, 0.3) is 5.82 Å². The molecule has 166 valence electrons. The smallest absolute Gasteiger partial charge is 0.407 e. The molecule has 4 rings (SSSR count). The molecule has 0 radical (unpaired) electrons. The van der Waals surface area contributed by atoms with Gasteiger partial charge in [0.2, 0.25) is 0 Å². The molecule has 0 aliphatic carbocycles. The van der Waals surface area contributed by atoms with Crippen molar-refractivity contribution in [2.45, 2.75) is 19.5 Å². The van der Waals surface area contributed by atoms with Gasteiger partial charge in [0.05, 0.1) is 5.56 Å². The number of aromatic nitrogens is 2.